The van der Waals surface area contributed by atoms with Gasteiger partial charge < -0.3 is 0 Å². The first-order chi connectivity index (χ1) is 14.4. The number of carbonyl (C=O) groups is 1. The van der Waals surface area contributed by atoms with Crippen molar-refractivity contribution in [3.63, 3.8) is 0 Å². The summed E-state index contributed by atoms with van der Waals surface area (Å²) in [6.07, 6.45) is 13.3. The molecule has 0 spiro atoms. The lowest BCUT2D eigenvalue weighted by Gasteiger charge is -2.67. The van der Waals surface area contributed by atoms with Crippen LogP contribution < -0.4 is 0 Å². The summed E-state index contributed by atoms with van der Waals surface area (Å²) in [4.78, 5) is 12.8. The molecule has 1 heteroatoms. The molecule has 5 aliphatic rings. The molecular weight excluding hydrogens is 376 g/mol. The van der Waals surface area contributed by atoms with Gasteiger partial charge >= 0.3 is 0 Å². The van der Waals surface area contributed by atoms with Crippen LogP contribution in [0.15, 0.2) is 35.5 Å². The van der Waals surface area contributed by atoms with Gasteiger partial charge in [0.25, 0.3) is 0 Å². The molecular formula is C30H44O. The molecule has 0 unspecified atom stereocenters. The lowest BCUT2D eigenvalue weighted by atomic mass is 9.36. The maximum atomic E-state index is 12.8. The van der Waals surface area contributed by atoms with Gasteiger partial charge in [0.05, 0.1) is 0 Å². The number of hydrogen-bond donors (Lipinski definition) is 0. The lowest BCUT2D eigenvalue weighted by molar-refractivity contribution is -0.134. The average Bonchev–Trinajstić information content (AvgIpc) is 2.69. The molecule has 5 rings (SSSR count). The van der Waals surface area contributed by atoms with E-state index in [0.29, 0.717) is 23.5 Å². The second kappa shape index (κ2) is 6.48. The highest BCUT2D eigenvalue weighted by molar-refractivity contribution is 5.89. The van der Waals surface area contributed by atoms with Crippen LogP contribution in [0, 0.1) is 51.2 Å². The quantitative estimate of drug-likeness (QED) is 0.364. The number of carbonyl (C=O) groups excluding carboxylic acids is 1. The second-order valence-corrected chi connectivity index (χ2v) is 13.3. The zero-order valence-corrected chi connectivity index (χ0v) is 21.1. The monoisotopic (exact) mass is 420 g/mol. The number of allylic oxidation sites excluding steroid dienone is 5. The van der Waals surface area contributed by atoms with E-state index in [2.05, 4.69) is 67.2 Å². The zero-order chi connectivity index (χ0) is 22.6. The fourth-order valence-electron chi connectivity index (χ4n) is 9.71. The SMILES string of the molecule is C=C1C[C@@H](C)[C@H]2CC[C@]3(C)C(=CC[C@H]4[C@@]5(C)CCC(=O)C(C)(C)C5=CC[C@]43C)[C@H]2[C@@H]1C. The van der Waals surface area contributed by atoms with E-state index in [4.69, 9.17) is 0 Å². The Morgan fingerprint density at radius 1 is 1.03 bits per heavy atom. The first-order valence-electron chi connectivity index (χ1n) is 13.0. The molecule has 3 fully saturated rings. The van der Waals surface area contributed by atoms with Gasteiger partial charge in [-0.05, 0) is 98.2 Å². The van der Waals surface area contributed by atoms with Gasteiger partial charge in [0, 0.05) is 11.8 Å². The van der Waals surface area contributed by atoms with Crippen molar-refractivity contribution in [3.05, 3.63) is 35.5 Å². The Labute approximate surface area is 190 Å². The Bertz CT molecular complexity index is 901. The van der Waals surface area contributed by atoms with Crippen LogP contribution in [0.4, 0.5) is 0 Å². The first-order valence-corrected chi connectivity index (χ1v) is 13.0. The van der Waals surface area contributed by atoms with Gasteiger partial charge in [-0.1, -0.05) is 70.1 Å². The Balaban J connectivity index is 1.61. The highest BCUT2D eigenvalue weighted by Crippen LogP contribution is 2.73. The minimum absolute atomic E-state index is 0.154. The zero-order valence-electron chi connectivity index (χ0n) is 21.1. The molecule has 0 aliphatic heterocycles. The number of rotatable bonds is 0. The van der Waals surface area contributed by atoms with Crippen molar-refractivity contribution in [2.45, 2.75) is 93.4 Å². The Morgan fingerprint density at radius 2 is 1.74 bits per heavy atom. The van der Waals surface area contributed by atoms with Crippen LogP contribution in [0.2, 0.25) is 0 Å². The molecule has 0 saturated heterocycles. The van der Waals surface area contributed by atoms with Crippen LogP contribution in [-0.2, 0) is 4.79 Å². The molecule has 0 aromatic heterocycles. The van der Waals surface area contributed by atoms with Crippen LogP contribution >= 0.6 is 0 Å². The van der Waals surface area contributed by atoms with E-state index in [1.807, 2.05) is 0 Å². The molecule has 0 aromatic carbocycles. The summed E-state index contributed by atoms with van der Waals surface area (Å²) in [5, 5.41) is 0. The Kier molecular flexibility index (Phi) is 4.54. The first kappa shape index (κ1) is 21.7. The number of Topliss-reactive ketones (excluding diaryl/α,β-unsaturated/α-hetero) is 1. The Hall–Kier alpha value is -1.11. The van der Waals surface area contributed by atoms with Crippen molar-refractivity contribution in [2.24, 2.45) is 51.2 Å². The van der Waals surface area contributed by atoms with Crippen molar-refractivity contribution in [2.75, 3.05) is 0 Å². The summed E-state index contributed by atoms with van der Waals surface area (Å²) < 4.78 is 0. The average molecular weight is 421 g/mol. The van der Waals surface area contributed by atoms with Crippen molar-refractivity contribution in [1.82, 2.24) is 0 Å². The van der Waals surface area contributed by atoms with Gasteiger partial charge in [0.2, 0.25) is 0 Å². The van der Waals surface area contributed by atoms with E-state index in [0.717, 1.165) is 31.1 Å². The van der Waals surface area contributed by atoms with Crippen LogP contribution in [0.25, 0.3) is 0 Å². The molecule has 0 bridgehead atoms. The minimum atomic E-state index is -0.290. The van der Waals surface area contributed by atoms with Crippen molar-refractivity contribution >= 4 is 5.78 Å². The van der Waals surface area contributed by atoms with Gasteiger partial charge in [-0.25, -0.2) is 0 Å². The maximum Gasteiger partial charge on any atom is 0.142 e. The lowest BCUT2D eigenvalue weighted by Crippen LogP contribution is -2.60. The Morgan fingerprint density at radius 3 is 2.45 bits per heavy atom. The van der Waals surface area contributed by atoms with Gasteiger partial charge in [-0.15, -0.1) is 0 Å². The van der Waals surface area contributed by atoms with Gasteiger partial charge in [0.15, 0.2) is 0 Å². The summed E-state index contributed by atoms with van der Waals surface area (Å²) >= 11 is 0. The fourth-order valence-corrected chi connectivity index (χ4v) is 9.71. The van der Waals surface area contributed by atoms with E-state index >= 15 is 0 Å². The molecule has 0 amide bonds. The topological polar surface area (TPSA) is 17.1 Å². The molecule has 3 saturated carbocycles. The standard InChI is InChI=1S/C30H44O/c1-18-17-19(2)21-11-15-29(7)22(26(21)20(18)3)9-10-24-28(6)14-13-25(31)27(4,5)23(28)12-16-30(24,29)8/h9,12,19-21,24,26H,1,10-11,13-17H2,2-8H3/t19-,20-,21-,24+,26+,28+,29-,30-/m1/s1. The smallest absolute Gasteiger partial charge is 0.142 e. The van der Waals surface area contributed by atoms with Crippen LogP contribution in [0.5, 0.6) is 0 Å². The van der Waals surface area contributed by atoms with E-state index in [1.165, 1.54) is 36.8 Å². The number of fused-ring (bicyclic) bond motifs is 7. The fraction of sp³-hybridized carbons (Fsp3) is 0.767. The van der Waals surface area contributed by atoms with E-state index in [1.54, 1.807) is 5.57 Å². The number of ketones is 1. The third-order valence-electron chi connectivity index (χ3n) is 11.9. The van der Waals surface area contributed by atoms with Gasteiger partial charge in [0.1, 0.15) is 5.78 Å². The van der Waals surface area contributed by atoms with Gasteiger partial charge in [-0.3, -0.25) is 4.79 Å². The largest absolute Gasteiger partial charge is 0.299 e. The van der Waals surface area contributed by atoms with Crippen molar-refractivity contribution < 1.29 is 4.79 Å². The molecule has 1 nitrogen and oxygen atoms in total. The molecule has 8 atom stereocenters. The predicted molar refractivity (Wildman–Crippen MR) is 130 cm³/mol. The predicted octanol–water partition coefficient (Wildman–Crippen LogP) is 7.93. The molecule has 5 aliphatic carbocycles. The highest BCUT2D eigenvalue weighted by Gasteiger charge is 2.65. The third-order valence-corrected chi connectivity index (χ3v) is 11.9. The van der Waals surface area contributed by atoms with E-state index in [9.17, 15) is 4.79 Å². The molecule has 170 valence electrons. The normalized spacial score (nSPS) is 51.0. The molecule has 0 radical (unpaired) electrons. The molecule has 0 N–H and O–H groups in total. The van der Waals surface area contributed by atoms with Crippen molar-refractivity contribution in [3.8, 4) is 0 Å². The summed E-state index contributed by atoms with van der Waals surface area (Å²) in [5.41, 5.74) is 5.13. The maximum absolute atomic E-state index is 12.8. The van der Waals surface area contributed by atoms with E-state index < -0.39 is 0 Å². The number of hydrogen-bond acceptors (Lipinski definition) is 1. The third kappa shape index (κ3) is 2.53. The summed E-state index contributed by atoms with van der Waals surface area (Å²) in [6.45, 7) is 21.6. The second-order valence-electron chi connectivity index (χ2n) is 13.3. The summed E-state index contributed by atoms with van der Waals surface area (Å²) in [7, 11) is 0. The van der Waals surface area contributed by atoms with E-state index in [-0.39, 0.29) is 21.7 Å². The molecule has 31 heavy (non-hydrogen) atoms. The highest BCUT2D eigenvalue weighted by atomic mass is 16.1. The van der Waals surface area contributed by atoms with Crippen LogP contribution in [0.3, 0.4) is 0 Å². The van der Waals surface area contributed by atoms with Crippen LogP contribution in [-0.4, -0.2) is 5.78 Å². The van der Waals surface area contributed by atoms with Crippen molar-refractivity contribution in [1.29, 1.82) is 0 Å². The molecule has 0 heterocycles. The summed E-state index contributed by atoms with van der Waals surface area (Å²) in [5.74, 6) is 3.99. The summed E-state index contributed by atoms with van der Waals surface area (Å²) in [6, 6.07) is 0. The molecule has 0 aromatic rings. The van der Waals surface area contributed by atoms with Crippen LogP contribution in [0.1, 0.15) is 93.4 Å². The van der Waals surface area contributed by atoms with Gasteiger partial charge in [-0.2, -0.15) is 0 Å². The minimum Gasteiger partial charge on any atom is -0.299 e.